The molecule has 2 aromatic heterocycles. The van der Waals surface area contributed by atoms with Crippen LogP contribution in [0.5, 0.6) is 0 Å². The van der Waals surface area contributed by atoms with E-state index in [0.717, 1.165) is 22.6 Å². The molecule has 1 amide bonds. The van der Waals surface area contributed by atoms with Gasteiger partial charge in [0.15, 0.2) is 0 Å². The molecule has 1 aromatic carbocycles. The van der Waals surface area contributed by atoms with E-state index in [1.807, 2.05) is 61.7 Å². The second-order valence-electron chi connectivity index (χ2n) is 5.25. The summed E-state index contributed by atoms with van der Waals surface area (Å²) in [5.74, 6) is -0.141. The van der Waals surface area contributed by atoms with Crippen LogP contribution in [-0.2, 0) is 0 Å². The lowest BCUT2D eigenvalue weighted by Crippen LogP contribution is -2.16. The summed E-state index contributed by atoms with van der Waals surface area (Å²) in [6.45, 7) is 5.88. The van der Waals surface area contributed by atoms with Crippen LogP contribution in [0.2, 0.25) is 0 Å². The summed E-state index contributed by atoms with van der Waals surface area (Å²) in [4.78, 5) is 17.0. The molecule has 2 heterocycles. The summed E-state index contributed by atoms with van der Waals surface area (Å²) >= 11 is 0. The lowest BCUT2D eigenvalue weighted by Gasteiger charge is -2.09. The number of fused-ring (bicyclic) bond motifs is 1. The molecule has 4 heteroatoms. The second kappa shape index (κ2) is 5.05. The minimum Gasteiger partial charge on any atom is -0.320 e. The van der Waals surface area contributed by atoms with Gasteiger partial charge in [0.2, 0.25) is 0 Å². The third-order valence-electron chi connectivity index (χ3n) is 3.55. The summed E-state index contributed by atoms with van der Waals surface area (Å²) in [7, 11) is 0. The largest absolute Gasteiger partial charge is 0.320 e. The average Bonchev–Trinajstić information content (AvgIpc) is 2.77. The predicted octanol–water partition coefficient (Wildman–Crippen LogP) is 3.51. The van der Waals surface area contributed by atoms with Crippen LogP contribution < -0.4 is 5.32 Å². The fraction of sp³-hybridized carbons (Fsp3) is 0.176. The Morgan fingerprint density at radius 1 is 1.14 bits per heavy atom. The van der Waals surface area contributed by atoms with E-state index < -0.39 is 0 Å². The minimum atomic E-state index is -0.141. The van der Waals surface area contributed by atoms with Crippen LogP contribution in [0.15, 0.2) is 42.6 Å². The van der Waals surface area contributed by atoms with Gasteiger partial charge in [-0.1, -0.05) is 23.8 Å². The van der Waals surface area contributed by atoms with Crippen LogP contribution in [0.3, 0.4) is 0 Å². The smallest absolute Gasteiger partial charge is 0.274 e. The van der Waals surface area contributed by atoms with E-state index in [-0.39, 0.29) is 5.91 Å². The molecular weight excluding hydrogens is 262 g/mol. The second-order valence-corrected chi connectivity index (χ2v) is 5.25. The van der Waals surface area contributed by atoms with Gasteiger partial charge in [-0.3, -0.25) is 9.20 Å². The number of carbonyl (C=O) groups is 1. The van der Waals surface area contributed by atoms with Gasteiger partial charge >= 0.3 is 0 Å². The van der Waals surface area contributed by atoms with Crippen molar-refractivity contribution in [2.24, 2.45) is 0 Å². The molecule has 3 aromatic rings. The molecule has 0 fully saturated rings. The molecule has 0 radical (unpaired) electrons. The van der Waals surface area contributed by atoms with Gasteiger partial charge in [-0.2, -0.15) is 0 Å². The Kier molecular flexibility index (Phi) is 3.22. The van der Waals surface area contributed by atoms with E-state index in [1.54, 1.807) is 0 Å². The molecule has 4 nitrogen and oxygen atoms in total. The molecule has 0 saturated carbocycles. The Balaban J connectivity index is 1.99. The number of hydrogen-bond donors (Lipinski definition) is 1. The number of pyridine rings is 1. The first kappa shape index (κ1) is 13.4. The number of nitrogens with zero attached hydrogens (tertiary/aromatic N) is 2. The number of benzene rings is 1. The van der Waals surface area contributed by atoms with Gasteiger partial charge in [0, 0.05) is 11.9 Å². The molecule has 21 heavy (non-hydrogen) atoms. The van der Waals surface area contributed by atoms with E-state index in [9.17, 15) is 4.79 Å². The fourth-order valence-electron chi connectivity index (χ4n) is 2.52. The van der Waals surface area contributed by atoms with Crippen molar-refractivity contribution in [1.29, 1.82) is 0 Å². The maximum Gasteiger partial charge on any atom is 0.274 e. The van der Waals surface area contributed by atoms with Gasteiger partial charge < -0.3 is 5.32 Å². The third-order valence-corrected chi connectivity index (χ3v) is 3.55. The van der Waals surface area contributed by atoms with Crippen molar-refractivity contribution in [3.8, 4) is 0 Å². The van der Waals surface area contributed by atoms with Crippen LogP contribution in [0.1, 0.15) is 27.3 Å². The molecule has 3 rings (SSSR count). The molecule has 0 bridgehead atoms. The van der Waals surface area contributed by atoms with Gasteiger partial charge in [0.1, 0.15) is 11.3 Å². The number of anilines is 1. The number of amides is 1. The lowest BCUT2D eigenvalue weighted by atomic mass is 10.1. The van der Waals surface area contributed by atoms with Gasteiger partial charge in [0.05, 0.1) is 5.69 Å². The molecule has 0 aliphatic heterocycles. The number of aryl methyl sites for hydroxylation is 3. The molecule has 0 spiro atoms. The molecular formula is C17H17N3O. The number of aromatic nitrogens is 2. The first-order valence-corrected chi connectivity index (χ1v) is 6.88. The average molecular weight is 279 g/mol. The predicted molar refractivity (Wildman–Crippen MR) is 83.8 cm³/mol. The number of hydrogen-bond acceptors (Lipinski definition) is 2. The highest BCUT2D eigenvalue weighted by atomic mass is 16.2. The highest BCUT2D eigenvalue weighted by Gasteiger charge is 2.16. The maximum absolute atomic E-state index is 12.6. The van der Waals surface area contributed by atoms with Crippen LogP contribution in [-0.4, -0.2) is 15.3 Å². The van der Waals surface area contributed by atoms with Crippen molar-refractivity contribution in [3.63, 3.8) is 0 Å². The molecule has 0 atom stereocenters. The highest BCUT2D eigenvalue weighted by Crippen LogP contribution is 2.19. The van der Waals surface area contributed by atoms with E-state index in [0.29, 0.717) is 5.69 Å². The summed E-state index contributed by atoms with van der Waals surface area (Å²) in [5.41, 5.74) is 5.14. The van der Waals surface area contributed by atoms with E-state index in [2.05, 4.69) is 16.4 Å². The fourth-order valence-corrected chi connectivity index (χ4v) is 2.52. The highest BCUT2D eigenvalue weighted by molar-refractivity contribution is 6.04. The summed E-state index contributed by atoms with van der Waals surface area (Å²) in [6.07, 6.45) is 1.85. The summed E-state index contributed by atoms with van der Waals surface area (Å²) in [6, 6.07) is 11.7. The van der Waals surface area contributed by atoms with Gasteiger partial charge in [-0.05, 0) is 44.5 Å². The zero-order valence-corrected chi connectivity index (χ0v) is 12.3. The van der Waals surface area contributed by atoms with E-state index in [1.165, 1.54) is 5.56 Å². The van der Waals surface area contributed by atoms with E-state index >= 15 is 0 Å². The van der Waals surface area contributed by atoms with Crippen molar-refractivity contribution < 1.29 is 4.79 Å². The molecule has 1 N–H and O–H groups in total. The Labute approximate surface area is 123 Å². The van der Waals surface area contributed by atoms with Crippen molar-refractivity contribution in [1.82, 2.24) is 9.38 Å². The molecule has 0 aliphatic rings. The first-order chi connectivity index (χ1) is 10.1. The molecule has 0 saturated heterocycles. The molecule has 106 valence electrons. The Morgan fingerprint density at radius 3 is 2.71 bits per heavy atom. The summed E-state index contributed by atoms with van der Waals surface area (Å²) < 4.78 is 1.81. The van der Waals surface area contributed by atoms with Gasteiger partial charge in [-0.25, -0.2) is 4.98 Å². The van der Waals surface area contributed by atoms with Crippen molar-refractivity contribution in [3.05, 3.63) is 65.1 Å². The Hall–Kier alpha value is -2.62. The number of carbonyl (C=O) groups excluding carboxylic acids is 1. The van der Waals surface area contributed by atoms with Gasteiger partial charge in [-0.15, -0.1) is 0 Å². The van der Waals surface area contributed by atoms with Crippen LogP contribution in [0.25, 0.3) is 5.65 Å². The van der Waals surface area contributed by atoms with Crippen molar-refractivity contribution in [2.75, 3.05) is 5.32 Å². The zero-order valence-electron chi connectivity index (χ0n) is 12.3. The quantitative estimate of drug-likeness (QED) is 0.780. The Morgan fingerprint density at radius 2 is 1.95 bits per heavy atom. The topological polar surface area (TPSA) is 46.4 Å². The molecule has 0 unspecified atom stereocenters. The standard InChI is InChI=1S/C17H17N3O/c1-11-7-8-14(12(2)10-11)19-17(21)16-13(3)18-15-6-4-5-9-20(15)16/h4-10H,1-3H3,(H,19,21). The number of nitrogens with one attached hydrogen (secondary N) is 1. The maximum atomic E-state index is 12.6. The minimum absolute atomic E-state index is 0.141. The van der Waals surface area contributed by atoms with Crippen LogP contribution in [0, 0.1) is 20.8 Å². The first-order valence-electron chi connectivity index (χ1n) is 6.88. The SMILES string of the molecule is Cc1ccc(NC(=O)c2c(C)nc3ccccn23)c(C)c1. The number of rotatable bonds is 2. The van der Waals surface area contributed by atoms with Crippen molar-refractivity contribution >= 4 is 17.2 Å². The van der Waals surface area contributed by atoms with Crippen molar-refractivity contribution in [2.45, 2.75) is 20.8 Å². The normalized spacial score (nSPS) is 10.8. The van der Waals surface area contributed by atoms with Crippen LogP contribution >= 0.6 is 0 Å². The van der Waals surface area contributed by atoms with E-state index in [4.69, 9.17) is 0 Å². The zero-order chi connectivity index (χ0) is 15.0. The van der Waals surface area contributed by atoms with Gasteiger partial charge in [0.25, 0.3) is 5.91 Å². The lowest BCUT2D eigenvalue weighted by molar-refractivity contribution is 0.102. The Bertz CT molecular complexity index is 833. The summed E-state index contributed by atoms with van der Waals surface area (Å²) in [5, 5.41) is 2.97. The van der Waals surface area contributed by atoms with Crippen LogP contribution in [0.4, 0.5) is 5.69 Å². The third kappa shape index (κ3) is 2.40. The number of imidazole rings is 1. The monoisotopic (exact) mass is 279 g/mol. The molecule has 0 aliphatic carbocycles.